The van der Waals surface area contributed by atoms with Crippen LogP contribution in [0.1, 0.15) is 16.8 Å². The smallest absolute Gasteiger partial charge is 0.257 e. The van der Waals surface area contributed by atoms with E-state index in [2.05, 4.69) is 10.2 Å². The third-order valence-electron chi connectivity index (χ3n) is 2.23. The van der Waals surface area contributed by atoms with Crippen molar-refractivity contribution >= 4 is 5.91 Å². The normalized spacial score (nSPS) is 10.4. The summed E-state index contributed by atoms with van der Waals surface area (Å²) in [6, 6.07) is 0. The summed E-state index contributed by atoms with van der Waals surface area (Å²) in [5.41, 5.74) is 6.00. The van der Waals surface area contributed by atoms with E-state index < -0.39 is 0 Å². The number of amides is 1. The summed E-state index contributed by atoms with van der Waals surface area (Å²) in [4.78, 5) is 13.7. The van der Waals surface area contributed by atoms with E-state index in [4.69, 9.17) is 10.5 Å². The zero-order valence-corrected chi connectivity index (χ0v) is 9.48. The molecule has 0 radical (unpaired) electrons. The molecule has 1 amide bonds. The summed E-state index contributed by atoms with van der Waals surface area (Å²) in [6.07, 6.45) is 3.89. The number of nitrogens with zero attached hydrogens (tertiary/aromatic N) is 2. The number of hydrogen-bond donors (Lipinski definition) is 2. The molecule has 0 spiro atoms. The van der Waals surface area contributed by atoms with Gasteiger partial charge in [0, 0.05) is 26.4 Å². The highest BCUT2D eigenvalue weighted by Crippen LogP contribution is 2.02. The maximum absolute atomic E-state index is 12.0. The van der Waals surface area contributed by atoms with Gasteiger partial charge in [0.2, 0.25) is 0 Å². The van der Waals surface area contributed by atoms with Gasteiger partial charge in [-0.15, -0.1) is 0 Å². The predicted octanol–water partition coefficient (Wildman–Crippen LogP) is -0.153. The van der Waals surface area contributed by atoms with E-state index in [0.29, 0.717) is 31.8 Å². The van der Waals surface area contributed by atoms with Crippen LogP contribution < -0.4 is 5.73 Å². The number of H-pyrrole nitrogens is 1. The standard InChI is InChI=1S/C10H18N4O2/c1-16-6-5-14(4-2-3-11)10(15)9-7-12-13-8-9/h7-8H,2-6,11H2,1H3,(H,12,13). The van der Waals surface area contributed by atoms with Crippen molar-refractivity contribution in [3.05, 3.63) is 18.0 Å². The van der Waals surface area contributed by atoms with E-state index in [0.717, 1.165) is 6.42 Å². The molecule has 1 aromatic rings. The number of nitrogens with two attached hydrogens (primary N) is 1. The summed E-state index contributed by atoms with van der Waals surface area (Å²) in [6.45, 7) is 2.31. The van der Waals surface area contributed by atoms with Crippen LogP contribution in [0.25, 0.3) is 0 Å². The fraction of sp³-hybridized carbons (Fsp3) is 0.600. The molecular formula is C10H18N4O2. The Labute approximate surface area is 94.8 Å². The van der Waals surface area contributed by atoms with Gasteiger partial charge < -0.3 is 15.4 Å². The third kappa shape index (κ3) is 3.63. The van der Waals surface area contributed by atoms with Crippen molar-refractivity contribution in [2.24, 2.45) is 5.73 Å². The molecule has 0 aliphatic heterocycles. The van der Waals surface area contributed by atoms with E-state index in [1.807, 2.05) is 0 Å². The molecule has 6 nitrogen and oxygen atoms in total. The van der Waals surface area contributed by atoms with Crippen molar-refractivity contribution < 1.29 is 9.53 Å². The van der Waals surface area contributed by atoms with Gasteiger partial charge >= 0.3 is 0 Å². The van der Waals surface area contributed by atoms with Crippen LogP contribution in [-0.2, 0) is 4.74 Å². The summed E-state index contributed by atoms with van der Waals surface area (Å²) in [5.74, 6) is -0.0424. The molecule has 1 rings (SSSR count). The number of hydrogen-bond acceptors (Lipinski definition) is 4. The molecule has 16 heavy (non-hydrogen) atoms. The lowest BCUT2D eigenvalue weighted by Crippen LogP contribution is -2.35. The fourth-order valence-corrected chi connectivity index (χ4v) is 1.35. The third-order valence-corrected chi connectivity index (χ3v) is 2.23. The predicted molar refractivity (Wildman–Crippen MR) is 60.0 cm³/mol. The first-order chi connectivity index (χ1) is 7.79. The van der Waals surface area contributed by atoms with Gasteiger partial charge in [-0.05, 0) is 13.0 Å². The summed E-state index contributed by atoms with van der Waals surface area (Å²) in [5, 5.41) is 6.38. The molecule has 90 valence electrons. The van der Waals surface area contributed by atoms with Crippen LogP contribution >= 0.6 is 0 Å². The highest BCUT2D eigenvalue weighted by atomic mass is 16.5. The Balaban J connectivity index is 2.56. The Bertz CT molecular complexity index is 292. The SMILES string of the molecule is COCCN(CCCN)C(=O)c1cn[nH]c1. The van der Waals surface area contributed by atoms with Gasteiger partial charge in [-0.25, -0.2) is 0 Å². The van der Waals surface area contributed by atoms with Crippen LogP contribution in [0.2, 0.25) is 0 Å². The second-order valence-corrected chi connectivity index (χ2v) is 3.41. The van der Waals surface area contributed by atoms with Crippen LogP contribution in [0, 0.1) is 0 Å². The van der Waals surface area contributed by atoms with Crippen molar-refractivity contribution in [2.75, 3.05) is 33.4 Å². The van der Waals surface area contributed by atoms with Crippen LogP contribution in [-0.4, -0.2) is 54.4 Å². The van der Waals surface area contributed by atoms with Crippen molar-refractivity contribution in [3.8, 4) is 0 Å². The zero-order valence-electron chi connectivity index (χ0n) is 9.48. The highest BCUT2D eigenvalue weighted by Gasteiger charge is 2.15. The summed E-state index contributed by atoms with van der Waals surface area (Å²) >= 11 is 0. The number of aromatic amines is 1. The number of methoxy groups -OCH3 is 1. The minimum atomic E-state index is -0.0424. The Hall–Kier alpha value is -1.40. The van der Waals surface area contributed by atoms with Crippen molar-refractivity contribution in [2.45, 2.75) is 6.42 Å². The number of rotatable bonds is 7. The number of nitrogens with one attached hydrogen (secondary N) is 1. The average Bonchev–Trinajstić information content (AvgIpc) is 2.82. The molecule has 0 unspecified atom stereocenters. The van der Waals surface area contributed by atoms with Gasteiger partial charge in [0.15, 0.2) is 0 Å². The van der Waals surface area contributed by atoms with Gasteiger partial charge in [0.1, 0.15) is 0 Å². The van der Waals surface area contributed by atoms with Gasteiger partial charge in [-0.3, -0.25) is 9.89 Å². The lowest BCUT2D eigenvalue weighted by Gasteiger charge is -2.21. The summed E-state index contributed by atoms with van der Waals surface area (Å²) < 4.78 is 4.97. The highest BCUT2D eigenvalue weighted by molar-refractivity contribution is 5.93. The first-order valence-electron chi connectivity index (χ1n) is 5.26. The van der Waals surface area contributed by atoms with Crippen molar-refractivity contribution in [1.82, 2.24) is 15.1 Å². The second-order valence-electron chi connectivity index (χ2n) is 3.41. The molecule has 0 saturated carbocycles. The minimum Gasteiger partial charge on any atom is -0.383 e. The molecule has 0 bridgehead atoms. The fourth-order valence-electron chi connectivity index (χ4n) is 1.35. The molecule has 0 atom stereocenters. The van der Waals surface area contributed by atoms with E-state index in [1.165, 1.54) is 6.20 Å². The first-order valence-corrected chi connectivity index (χ1v) is 5.26. The largest absolute Gasteiger partial charge is 0.383 e. The molecule has 1 aromatic heterocycles. The van der Waals surface area contributed by atoms with Crippen molar-refractivity contribution in [3.63, 3.8) is 0 Å². The molecule has 0 aliphatic carbocycles. The molecule has 3 N–H and O–H groups in total. The number of carbonyl (C=O) groups is 1. The van der Waals surface area contributed by atoms with Gasteiger partial charge in [-0.2, -0.15) is 5.10 Å². The van der Waals surface area contributed by atoms with Gasteiger partial charge in [-0.1, -0.05) is 0 Å². The van der Waals surface area contributed by atoms with E-state index in [-0.39, 0.29) is 5.91 Å². The molecule has 0 saturated heterocycles. The van der Waals surface area contributed by atoms with Crippen LogP contribution in [0.4, 0.5) is 0 Å². The van der Waals surface area contributed by atoms with Crippen LogP contribution in [0.3, 0.4) is 0 Å². The lowest BCUT2D eigenvalue weighted by atomic mass is 10.3. The molecule has 1 heterocycles. The average molecular weight is 226 g/mol. The summed E-state index contributed by atoms with van der Waals surface area (Å²) in [7, 11) is 1.61. The van der Waals surface area contributed by atoms with Gasteiger partial charge in [0.05, 0.1) is 18.4 Å². The zero-order chi connectivity index (χ0) is 11.8. The quantitative estimate of drug-likeness (QED) is 0.677. The monoisotopic (exact) mass is 226 g/mol. The minimum absolute atomic E-state index is 0.0424. The van der Waals surface area contributed by atoms with E-state index in [1.54, 1.807) is 18.2 Å². The maximum Gasteiger partial charge on any atom is 0.257 e. The Kier molecular flexibility index (Phi) is 5.52. The molecule has 0 aliphatic rings. The molecule has 0 aromatic carbocycles. The Morgan fingerprint density at radius 3 is 3.00 bits per heavy atom. The Morgan fingerprint density at radius 1 is 1.62 bits per heavy atom. The topological polar surface area (TPSA) is 84.2 Å². The first kappa shape index (κ1) is 12.7. The van der Waals surface area contributed by atoms with E-state index >= 15 is 0 Å². The Morgan fingerprint density at radius 2 is 2.44 bits per heavy atom. The molecule has 0 fully saturated rings. The van der Waals surface area contributed by atoms with Crippen LogP contribution in [0.5, 0.6) is 0 Å². The number of ether oxygens (including phenoxy) is 1. The van der Waals surface area contributed by atoms with Crippen molar-refractivity contribution in [1.29, 1.82) is 0 Å². The number of carbonyl (C=O) groups excluding carboxylic acids is 1. The van der Waals surface area contributed by atoms with Crippen LogP contribution in [0.15, 0.2) is 12.4 Å². The molecule has 6 heteroatoms. The number of aromatic nitrogens is 2. The van der Waals surface area contributed by atoms with E-state index in [9.17, 15) is 4.79 Å². The van der Waals surface area contributed by atoms with Gasteiger partial charge in [0.25, 0.3) is 5.91 Å². The molecular weight excluding hydrogens is 208 g/mol. The second kappa shape index (κ2) is 6.97. The maximum atomic E-state index is 12.0. The lowest BCUT2D eigenvalue weighted by molar-refractivity contribution is 0.0694.